The molecule has 43 heavy (non-hydrogen) atoms. The van der Waals surface area contributed by atoms with Crippen LogP contribution in [0.25, 0.3) is 0 Å². The number of nitro groups is 1. The van der Waals surface area contributed by atoms with Crippen LogP contribution in [0.15, 0.2) is 4.99 Å². The molecule has 242 valence electrons. The van der Waals surface area contributed by atoms with Crippen molar-refractivity contribution in [1.82, 2.24) is 16.1 Å². The minimum absolute atomic E-state index is 0.00698. The van der Waals surface area contributed by atoms with Crippen LogP contribution in [0.5, 0.6) is 0 Å². The Morgan fingerprint density at radius 3 is 2.58 bits per heavy atom. The van der Waals surface area contributed by atoms with Crippen LogP contribution < -0.4 is 21.8 Å². The Hall–Kier alpha value is -2.45. The Kier molecular flexibility index (Phi) is 10.6. The molecule has 0 aromatic heterocycles. The van der Waals surface area contributed by atoms with Crippen LogP contribution in [0.1, 0.15) is 92.4 Å². The second-order valence-corrected chi connectivity index (χ2v) is 14.1. The van der Waals surface area contributed by atoms with Crippen LogP contribution >= 0.6 is 0 Å². The molecule has 1 heterocycles. The van der Waals surface area contributed by atoms with Crippen molar-refractivity contribution >= 4 is 24.9 Å². The lowest BCUT2D eigenvalue weighted by atomic mass is 9.43. The van der Waals surface area contributed by atoms with Gasteiger partial charge in [0.15, 0.2) is 5.03 Å². The Morgan fingerprint density at radius 1 is 1.19 bits per heavy atom. The van der Waals surface area contributed by atoms with Gasteiger partial charge in [0.05, 0.1) is 23.8 Å². The first-order chi connectivity index (χ1) is 20.2. The molecule has 8 atom stereocenters. The summed E-state index contributed by atoms with van der Waals surface area (Å²) in [6, 6.07) is -0.823. The van der Waals surface area contributed by atoms with Gasteiger partial charge in [-0.25, -0.2) is 15.1 Å². The standard InChI is InChI=1S/C29H51BN6O7/c1-17(2)13-24(30-42-23-16-19-15-22(28(19,3)4)29(23,5)43-30)34-26(38)21(11-8-12-32-27(31)35-36(39)40)33-25(37)18-9-7-10-20(14-18)41-6/h17-24H,7-16H2,1-6H3,(H,33,37)(H,34,38)(H3,31,32,35)/t18?,19-,20?,21-,22-,23+,24-,29-/m0/s1. The molecule has 5 N–H and O–H groups in total. The molecule has 0 aromatic carbocycles. The van der Waals surface area contributed by atoms with E-state index < -0.39 is 23.8 Å². The molecule has 2 amide bonds. The van der Waals surface area contributed by atoms with E-state index in [1.807, 2.05) is 5.43 Å². The molecular weight excluding hydrogens is 555 g/mol. The molecule has 4 aliphatic carbocycles. The fraction of sp³-hybridized carbons (Fsp3) is 0.897. The fourth-order valence-corrected chi connectivity index (χ4v) is 7.88. The lowest BCUT2D eigenvalue weighted by molar-refractivity contribution is -0.525. The van der Waals surface area contributed by atoms with Crippen molar-refractivity contribution in [3.8, 4) is 0 Å². The summed E-state index contributed by atoms with van der Waals surface area (Å²) in [7, 11) is 1.08. The number of carbonyl (C=O) groups excluding carboxylic acids is 2. The molecule has 4 saturated carbocycles. The molecule has 14 heteroatoms. The van der Waals surface area contributed by atoms with Crippen molar-refractivity contribution in [3.63, 3.8) is 0 Å². The summed E-state index contributed by atoms with van der Waals surface area (Å²) in [4.78, 5) is 41.8. The predicted octanol–water partition coefficient (Wildman–Crippen LogP) is 2.35. The molecule has 2 bridgehead atoms. The highest BCUT2D eigenvalue weighted by Crippen LogP contribution is 2.65. The second-order valence-electron chi connectivity index (χ2n) is 14.1. The summed E-state index contributed by atoms with van der Waals surface area (Å²) in [6.07, 6.45) is 6.59. The Bertz CT molecular complexity index is 1060. The molecule has 1 aliphatic heterocycles. The summed E-state index contributed by atoms with van der Waals surface area (Å²) in [5.74, 6) is -0.134. The van der Waals surface area contributed by atoms with Crippen molar-refractivity contribution in [2.75, 3.05) is 13.7 Å². The van der Waals surface area contributed by atoms with Gasteiger partial charge in [0.1, 0.15) is 6.04 Å². The van der Waals surface area contributed by atoms with Gasteiger partial charge < -0.3 is 30.4 Å². The summed E-state index contributed by atoms with van der Waals surface area (Å²) < 4.78 is 18.7. The maximum Gasteiger partial charge on any atom is 0.481 e. The SMILES string of the molecule is COC1CCCC(C(=O)N[C@@H](CCCN=C(N)N[N+](=O)[O-])C(=O)N[C@@H](CC(C)C)B2O[C@@H]3C[C@@H]4C[C@@H](C4(C)C)[C@]3(C)O2)C1. The Balaban J connectivity index is 1.45. The molecule has 5 fully saturated rings. The van der Waals surface area contributed by atoms with Crippen molar-refractivity contribution < 1.29 is 28.7 Å². The molecule has 2 unspecified atom stereocenters. The van der Waals surface area contributed by atoms with Gasteiger partial charge in [-0.3, -0.25) is 9.59 Å². The van der Waals surface area contributed by atoms with E-state index in [1.54, 1.807) is 7.11 Å². The number of rotatable bonds is 13. The van der Waals surface area contributed by atoms with E-state index in [0.717, 1.165) is 32.1 Å². The molecule has 13 nitrogen and oxygen atoms in total. The Labute approximate surface area is 255 Å². The largest absolute Gasteiger partial charge is 0.481 e. The van der Waals surface area contributed by atoms with Gasteiger partial charge >= 0.3 is 7.12 Å². The highest BCUT2D eigenvalue weighted by atomic mass is 16.7. The van der Waals surface area contributed by atoms with Crippen molar-refractivity contribution in [2.24, 2.45) is 39.8 Å². The number of aliphatic imine (C=N–C) groups is 1. The van der Waals surface area contributed by atoms with Gasteiger partial charge in [-0.2, -0.15) is 0 Å². The van der Waals surface area contributed by atoms with Crippen LogP contribution in [0.4, 0.5) is 0 Å². The van der Waals surface area contributed by atoms with Crippen molar-refractivity contribution in [2.45, 2.75) is 122 Å². The van der Waals surface area contributed by atoms with E-state index in [2.05, 4.69) is 50.2 Å². The van der Waals surface area contributed by atoms with Gasteiger partial charge in [-0.15, -0.1) is 0 Å². The summed E-state index contributed by atoms with van der Waals surface area (Å²) in [6.45, 7) is 11.1. The van der Waals surface area contributed by atoms with Gasteiger partial charge in [0, 0.05) is 19.6 Å². The molecule has 5 rings (SSSR count). The number of amides is 2. The van der Waals surface area contributed by atoms with E-state index in [1.165, 1.54) is 0 Å². The fourth-order valence-electron chi connectivity index (χ4n) is 7.88. The maximum absolute atomic E-state index is 13.9. The molecule has 5 aliphatic rings. The van der Waals surface area contributed by atoms with Crippen LogP contribution in [0.3, 0.4) is 0 Å². The van der Waals surface area contributed by atoms with E-state index in [4.69, 9.17) is 19.8 Å². The number of methoxy groups -OCH3 is 1. The van der Waals surface area contributed by atoms with Crippen molar-refractivity contribution in [1.29, 1.82) is 0 Å². The quantitative estimate of drug-likeness (QED) is 0.0611. The minimum atomic E-state index is -0.823. The maximum atomic E-state index is 13.9. The average Bonchev–Trinajstić information content (AvgIpc) is 3.30. The summed E-state index contributed by atoms with van der Waals surface area (Å²) in [5, 5.41) is 16.0. The smallest absolute Gasteiger partial charge is 0.404 e. The lowest BCUT2D eigenvalue weighted by Gasteiger charge is -2.64. The number of nitrogens with one attached hydrogen (secondary N) is 3. The highest BCUT2D eigenvalue weighted by Gasteiger charge is 2.68. The number of nitrogens with zero attached hydrogens (tertiary/aromatic N) is 2. The first kappa shape index (κ1) is 33.4. The summed E-state index contributed by atoms with van der Waals surface area (Å²) in [5.41, 5.74) is 7.15. The first-order valence-corrected chi connectivity index (χ1v) is 15.9. The van der Waals surface area contributed by atoms with Gasteiger partial charge in [0.2, 0.25) is 11.8 Å². The number of hydrogen-bond acceptors (Lipinski definition) is 8. The minimum Gasteiger partial charge on any atom is -0.404 e. The normalized spacial score (nSPS) is 32.8. The van der Waals surface area contributed by atoms with Crippen LogP contribution in [0, 0.1) is 39.2 Å². The predicted molar refractivity (Wildman–Crippen MR) is 162 cm³/mol. The Morgan fingerprint density at radius 2 is 1.93 bits per heavy atom. The molecular formula is C29H51BN6O7. The molecule has 0 spiro atoms. The number of hydrogen-bond donors (Lipinski definition) is 4. The molecule has 0 radical (unpaired) electrons. The zero-order chi connectivity index (χ0) is 31.5. The summed E-state index contributed by atoms with van der Waals surface area (Å²) >= 11 is 0. The number of ether oxygens (including phenoxy) is 1. The van der Waals surface area contributed by atoms with Crippen molar-refractivity contribution in [3.05, 3.63) is 10.1 Å². The number of nitrogens with two attached hydrogens (primary N) is 1. The topological polar surface area (TPSA) is 179 Å². The van der Waals surface area contributed by atoms with Crippen LogP contribution in [-0.2, 0) is 23.6 Å². The van der Waals surface area contributed by atoms with Gasteiger partial charge in [0.25, 0.3) is 5.96 Å². The molecule has 1 saturated heterocycles. The molecule has 0 aromatic rings. The third-order valence-corrected chi connectivity index (χ3v) is 10.5. The zero-order valence-corrected chi connectivity index (χ0v) is 26.6. The van der Waals surface area contributed by atoms with E-state index in [-0.39, 0.29) is 66.1 Å². The highest BCUT2D eigenvalue weighted by molar-refractivity contribution is 6.48. The monoisotopic (exact) mass is 606 g/mol. The lowest BCUT2D eigenvalue weighted by Crippen LogP contribution is -2.65. The third-order valence-electron chi connectivity index (χ3n) is 10.5. The number of guanidine groups is 1. The number of carbonyl (C=O) groups is 2. The third kappa shape index (κ3) is 7.62. The van der Waals surface area contributed by atoms with E-state index in [0.29, 0.717) is 31.1 Å². The van der Waals surface area contributed by atoms with E-state index >= 15 is 0 Å². The first-order valence-electron chi connectivity index (χ1n) is 15.9. The zero-order valence-electron chi connectivity index (χ0n) is 26.6. The second kappa shape index (κ2) is 13.7. The average molecular weight is 607 g/mol. The number of hydrazine groups is 1. The van der Waals surface area contributed by atoms with Gasteiger partial charge in [-0.05, 0) is 81.5 Å². The van der Waals surface area contributed by atoms with Crippen LogP contribution in [-0.4, -0.2) is 73.4 Å². The van der Waals surface area contributed by atoms with E-state index in [9.17, 15) is 19.7 Å². The van der Waals surface area contributed by atoms with Crippen LogP contribution in [0.2, 0.25) is 0 Å². The van der Waals surface area contributed by atoms with Gasteiger partial charge in [-0.1, -0.05) is 39.5 Å².